The van der Waals surface area contributed by atoms with Crippen molar-refractivity contribution in [3.8, 4) is 0 Å². The Morgan fingerprint density at radius 1 is 1.09 bits per heavy atom. The first-order valence-electron chi connectivity index (χ1n) is 10.8. The fourth-order valence-corrected chi connectivity index (χ4v) is 7.85. The Morgan fingerprint density at radius 2 is 1.67 bits per heavy atom. The normalized spacial score (nSPS) is 31.3. The third-order valence-corrected chi connectivity index (χ3v) is 10.6. The maximum Gasteiger partial charge on any atom is 0.329 e. The van der Waals surface area contributed by atoms with Gasteiger partial charge in [0.2, 0.25) is 17.6 Å². The van der Waals surface area contributed by atoms with Gasteiger partial charge in [0, 0.05) is 20.2 Å². The van der Waals surface area contributed by atoms with Gasteiger partial charge in [-0.2, -0.15) is 0 Å². The van der Waals surface area contributed by atoms with Crippen LogP contribution < -0.4 is 0 Å². The highest BCUT2D eigenvalue weighted by molar-refractivity contribution is 9.12. The van der Waals surface area contributed by atoms with Crippen LogP contribution in [0.15, 0.2) is 18.2 Å². The minimum atomic E-state index is -1.06. The van der Waals surface area contributed by atoms with Gasteiger partial charge in [-0.25, -0.2) is 4.79 Å². The van der Waals surface area contributed by atoms with Crippen molar-refractivity contribution < 1.29 is 23.9 Å². The number of Topliss-reactive ketones (excluding diaryl/α,β-unsaturated/α-hetero) is 1. The van der Waals surface area contributed by atoms with Gasteiger partial charge in [-0.1, -0.05) is 68.9 Å². The van der Waals surface area contributed by atoms with Crippen molar-refractivity contribution in [2.45, 2.75) is 42.4 Å². The number of imide groups is 1. The number of likely N-dealkylation sites (tertiary alicyclic amines) is 1. The number of alkyl halides is 2. The molecule has 1 aromatic carbocycles. The molecule has 3 fully saturated rings. The molecule has 2 amide bonds. The van der Waals surface area contributed by atoms with Crippen LogP contribution in [0.1, 0.15) is 37.0 Å². The number of hydrogen-bond acceptors (Lipinski definition) is 5. The number of hydrogen-bond donors (Lipinski definition) is 0. The first kappa shape index (κ1) is 25.1. The molecule has 4 rings (SSSR count). The van der Waals surface area contributed by atoms with E-state index < -0.39 is 36.2 Å². The first-order valence-corrected chi connectivity index (χ1v) is 13.4. The lowest BCUT2D eigenvalue weighted by atomic mass is 9.81. The van der Waals surface area contributed by atoms with Crippen LogP contribution in [0.4, 0.5) is 0 Å². The second-order valence-electron chi connectivity index (χ2n) is 9.35. The van der Waals surface area contributed by atoms with Crippen molar-refractivity contribution in [2.24, 2.45) is 29.6 Å². The predicted octanol–water partition coefficient (Wildman–Crippen LogP) is 4.91. The Labute approximate surface area is 218 Å². The monoisotopic (exact) mass is 621 g/mol. The molecule has 6 nitrogen and oxygen atoms in total. The molecule has 10 heteroatoms. The molecule has 178 valence electrons. The van der Waals surface area contributed by atoms with E-state index in [4.69, 9.17) is 27.9 Å². The third kappa shape index (κ3) is 4.41. The van der Waals surface area contributed by atoms with Crippen molar-refractivity contribution >= 4 is 78.6 Å². The molecular weight excluding hydrogens is 601 g/mol. The van der Waals surface area contributed by atoms with E-state index in [0.29, 0.717) is 5.02 Å². The molecule has 0 aromatic heterocycles. The molecule has 0 radical (unpaired) electrons. The van der Waals surface area contributed by atoms with E-state index in [1.165, 1.54) is 18.2 Å². The number of carbonyl (C=O) groups is 4. The molecule has 1 heterocycles. The Bertz CT molecular complexity index is 987. The summed E-state index contributed by atoms with van der Waals surface area (Å²) in [5.41, 5.74) is 0.181. The number of esters is 1. The molecule has 7 atom stereocenters. The van der Waals surface area contributed by atoms with Crippen LogP contribution in [0.3, 0.4) is 0 Å². The zero-order valence-electron chi connectivity index (χ0n) is 18.0. The number of halogens is 4. The summed E-state index contributed by atoms with van der Waals surface area (Å²) < 4.78 is 5.30. The van der Waals surface area contributed by atoms with Crippen LogP contribution in [0.5, 0.6) is 0 Å². The average Bonchev–Trinajstić information content (AvgIpc) is 3.35. The van der Waals surface area contributed by atoms with Gasteiger partial charge in [-0.05, 0) is 48.8 Å². The van der Waals surface area contributed by atoms with Gasteiger partial charge in [-0.15, -0.1) is 0 Å². The predicted molar refractivity (Wildman–Crippen MR) is 131 cm³/mol. The number of carbonyl (C=O) groups excluding carboxylic acids is 4. The van der Waals surface area contributed by atoms with Crippen molar-refractivity contribution in [1.82, 2.24) is 4.90 Å². The minimum absolute atomic E-state index is 0.0228. The fourth-order valence-electron chi connectivity index (χ4n) is 5.46. The van der Waals surface area contributed by atoms with Gasteiger partial charge in [0.15, 0.2) is 6.61 Å². The lowest BCUT2D eigenvalue weighted by molar-refractivity contribution is -0.159. The van der Waals surface area contributed by atoms with Gasteiger partial charge >= 0.3 is 5.97 Å². The summed E-state index contributed by atoms with van der Waals surface area (Å²) >= 11 is 19.3. The standard InChI is InChI=1S/C23H23Br2Cl2NO5/c1-9(2)5-15(23(32)33-8-16(29)11-4-3-10(26)6-14(11)27)28-21(30)17-12-7-13(18(17)22(28)31)20(25)19(12)24/h3-4,6,9,12-13,15,17-20H,5,7-8H2,1-2H3/t12-,13-,15-,17-,18-,19-,20+/m1/s1. The van der Waals surface area contributed by atoms with Crippen LogP contribution >= 0.6 is 55.1 Å². The number of fused-ring (bicyclic) bond motifs is 5. The van der Waals surface area contributed by atoms with E-state index in [2.05, 4.69) is 31.9 Å². The summed E-state index contributed by atoms with van der Waals surface area (Å²) in [6, 6.07) is 3.35. The van der Waals surface area contributed by atoms with Crippen molar-refractivity contribution in [3.63, 3.8) is 0 Å². The zero-order chi connectivity index (χ0) is 24.2. The summed E-state index contributed by atoms with van der Waals surface area (Å²) in [5.74, 6) is -2.59. The van der Waals surface area contributed by atoms with Crippen molar-refractivity contribution in [1.29, 1.82) is 0 Å². The summed E-state index contributed by atoms with van der Waals surface area (Å²) in [6.45, 7) is 3.26. The molecule has 1 aliphatic heterocycles. The maximum absolute atomic E-state index is 13.4. The molecule has 1 saturated heterocycles. The van der Waals surface area contributed by atoms with E-state index in [9.17, 15) is 19.2 Å². The van der Waals surface area contributed by atoms with E-state index in [-0.39, 0.29) is 56.2 Å². The van der Waals surface area contributed by atoms with Gasteiger partial charge in [-0.3, -0.25) is 19.3 Å². The highest BCUT2D eigenvalue weighted by atomic mass is 79.9. The maximum atomic E-state index is 13.4. The number of ketones is 1. The van der Waals surface area contributed by atoms with Gasteiger partial charge in [0.05, 0.1) is 16.9 Å². The Morgan fingerprint density at radius 3 is 2.18 bits per heavy atom. The third-order valence-electron chi connectivity index (χ3n) is 6.88. The molecule has 1 aromatic rings. The van der Waals surface area contributed by atoms with E-state index in [1.54, 1.807) is 0 Å². The number of amides is 2. The summed E-state index contributed by atoms with van der Waals surface area (Å²) in [5, 5.41) is 0.539. The van der Waals surface area contributed by atoms with Gasteiger partial charge in [0.25, 0.3) is 0 Å². The number of benzene rings is 1. The van der Waals surface area contributed by atoms with Crippen LogP contribution in [-0.4, -0.2) is 50.8 Å². The summed E-state index contributed by atoms with van der Waals surface area (Å²) in [6.07, 6.45) is 1.07. The van der Waals surface area contributed by atoms with E-state index in [0.717, 1.165) is 11.3 Å². The SMILES string of the molecule is CC(C)C[C@H](C(=O)OCC(=O)c1ccc(Cl)cc1Cl)N1C(=O)[C@@H]2[C@H]3C[C@@H]([C@@H](Br)[C@H]3Br)[C@H]2C1=O. The quantitative estimate of drug-likeness (QED) is 0.187. The Hall–Kier alpha value is -0.960. The average molecular weight is 624 g/mol. The van der Waals surface area contributed by atoms with Gasteiger partial charge < -0.3 is 4.74 Å². The zero-order valence-corrected chi connectivity index (χ0v) is 22.7. The number of ether oxygens (including phenoxy) is 1. The molecule has 2 aliphatic carbocycles. The highest BCUT2D eigenvalue weighted by Crippen LogP contribution is 2.60. The van der Waals surface area contributed by atoms with Gasteiger partial charge in [0.1, 0.15) is 6.04 Å². The van der Waals surface area contributed by atoms with E-state index in [1.807, 2.05) is 13.8 Å². The van der Waals surface area contributed by atoms with Crippen LogP contribution in [0.2, 0.25) is 10.0 Å². The molecule has 0 spiro atoms. The molecule has 3 aliphatic rings. The smallest absolute Gasteiger partial charge is 0.329 e. The topological polar surface area (TPSA) is 80.8 Å². The lowest BCUT2D eigenvalue weighted by Gasteiger charge is -2.28. The molecule has 0 N–H and O–H groups in total. The number of rotatable bonds is 7. The molecule has 33 heavy (non-hydrogen) atoms. The minimum Gasteiger partial charge on any atom is -0.456 e. The molecule has 2 saturated carbocycles. The molecule has 0 unspecified atom stereocenters. The lowest BCUT2D eigenvalue weighted by Crippen LogP contribution is -2.48. The number of nitrogens with zero attached hydrogens (tertiary/aromatic N) is 1. The van der Waals surface area contributed by atoms with Crippen LogP contribution in [0, 0.1) is 29.6 Å². The Balaban J connectivity index is 1.51. The second-order valence-corrected chi connectivity index (χ2v) is 12.3. The van der Waals surface area contributed by atoms with Crippen LogP contribution in [0.25, 0.3) is 0 Å². The van der Waals surface area contributed by atoms with E-state index >= 15 is 0 Å². The first-order chi connectivity index (χ1) is 15.5. The largest absolute Gasteiger partial charge is 0.456 e. The van der Waals surface area contributed by atoms with Crippen LogP contribution in [-0.2, 0) is 19.1 Å². The molecular formula is C23H23Br2Cl2NO5. The summed E-state index contributed by atoms with van der Waals surface area (Å²) in [4.78, 5) is 53.7. The van der Waals surface area contributed by atoms with Crippen molar-refractivity contribution in [3.05, 3.63) is 33.8 Å². The highest BCUT2D eigenvalue weighted by Gasteiger charge is 2.67. The fraction of sp³-hybridized carbons (Fsp3) is 0.565. The Kier molecular flexibility index (Phi) is 7.31. The summed E-state index contributed by atoms with van der Waals surface area (Å²) in [7, 11) is 0. The molecule has 2 bridgehead atoms. The second kappa shape index (κ2) is 9.59. The van der Waals surface area contributed by atoms with Crippen molar-refractivity contribution in [2.75, 3.05) is 6.61 Å².